The Hall–Kier alpha value is -1.46. The molecule has 0 radical (unpaired) electrons. The van der Waals surface area contributed by atoms with Gasteiger partial charge in [-0.05, 0) is 19.1 Å². The van der Waals surface area contributed by atoms with Gasteiger partial charge in [0.05, 0.1) is 13.3 Å². The minimum absolute atomic E-state index is 0.575. The summed E-state index contributed by atoms with van der Waals surface area (Å²) in [4.78, 5) is 1.14. The van der Waals surface area contributed by atoms with E-state index >= 15 is 0 Å². The van der Waals surface area contributed by atoms with Crippen LogP contribution < -0.4 is 4.74 Å². The summed E-state index contributed by atoms with van der Waals surface area (Å²) in [6.45, 7) is 2.71. The standard InChI is InChI=1S/C14H18N2O2S/c1-3-16-14(13(18-2)9-15-16)12(17)10-19-11-7-5-4-6-8-11/h4-9,12,17H,3,10H2,1-2H3. The SMILES string of the molecule is CCn1ncc(OC)c1C(O)CSc1ccccc1. The van der Waals surface area contributed by atoms with Gasteiger partial charge in [-0.15, -0.1) is 11.8 Å². The van der Waals surface area contributed by atoms with E-state index in [1.165, 1.54) is 0 Å². The molecule has 0 saturated carbocycles. The molecule has 19 heavy (non-hydrogen) atoms. The first-order valence-electron chi connectivity index (χ1n) is 6.21. The fourth-order valence-electron chi connectivity index (χ4n) is 1.89. The summed E-state index contributed by atoms with van der Waals surface area (Å²) in [6, 6.07) is 10.0. The first kappa shape index (κ1) is 14.0. The van der Waals surface area contributed by atoms with Crippen molar-refractivity contribution in [1.82, 2.24) is 9.78 Å². The molecule has 1 unspecified atom stereocenters. The maximum Gasteiger partial charge on any atom is 0.162 e. The predicted octanol–water partition coefficient (Wildman–Crippen LogP) is 2.74. The second-order valence-corrected chi connectivity index (χ2v) is 5.15. The second-order valence-electron chi connectivity index (χ2n) is 4.05. The van der Waals surface area contributed by atoms with E-state index in [0.717, 1.165) is 10.6 Å². The molecule has 2 aromatic rings. The van der Waals surface area contributed by atoms with Crippen LogP contribution in [0.15, 0.2) is 41.4 Å². The quantitative estimate of drug-likeness (QED) is 0.825. The Balaban J connectivity index is 2.07. The zero-order chi connectivity index (χ0) is 13.7. The number of ether oxygens (including phenoxy) is 1. The Labute approximate surface area is 117 Å². The smallest absolute Gasteiger partial charge is 0.162 e. The van der Waals surface area contributed by atoms with Crippen molar-refractivity contribution >= 4 is 11.8 Å². The molecule has 102 valence electrons. The van der Waals surface area contributed by atoms with Gasteiger partial charge in [-0.2, -0.15) is 5.10 Å². The fraction of sp³-hybridized carbons (Fsp3) is 0.357. The van der Waals surface area contributed by atoms with E-state index in [1.807, 2.05) is 37.3 Å². The van der Waals surface area contributed by atoms with Gasteiger partial charge in [-0.1, -0.05) is 18.2 Å². The summed E-state index contributed by atoms with van der Waals surface area (Å²) in [7, 11) is 1.59. The molecule has 0 aliphatic rings. The molecule has 0 saturated heterocycles. The van der Waals surface area contributed by atoms with E-state index in [1.54, 1.807) is 29.8 Å². The van der Waals surface area contributed by atoms with E-state index < -0.39 is 6.10 Å². The average Bonchev–Trinajstić information content (AvgIpc) is 2.89. The molecule has 0 fully saturated rings. The molecule has 1 heterocycles. The molecule has 0 amide bonds. The van der Waals surface area contributed by atoms with Gasteiger partial charge in [0, 0.05) is 17.2 Å². The van der Waals surface area contributed by atoms with Crippen LogP contribution in [0.3, 0.4) is 0 Å². The summed E-state index contributed by atoms with van der Waals surface area (Å²) in [5.74, 6) is 1.22. The highest BCUT2D eigenvalue weighted by molar-refractivity contribution is 7.99. The molecule has 1 aromatic heterocycles. The lowest BCUT2D eigenvalue weighted by Gasteiger charge is -2.13. The number of rotatable bonds is 6. The van der Waals surface area contributed by atoms with Crippen molar-refractivity contribution in [2.45, 2.75) is 24.5 Å². The summed E-state index contributed by atoms with van der Waals surface area (Å²) in [5, 5.41) is 14.5. The largest absolute Gasteiger partial charge is 0.493 e. The molecule has 0 aliphatic carbocycles. The normalized spacial score (nSPS) is 12.4. The lowest BCUT2D eigenvalue weighted by molar-refractivity contribution is 0.187. The number of aliphatic hydroxyl groups excluding tert-OH is 1. The molecule has 5 heteroatoms. The molecule has 0 aliphatic heterocycles. The zero-order valence-electron chi connectivity index (χ0n) is 11.1. The third-order valence-electron chi connectivity index (χ3n) is 2.83. The van der Waals surface area contributed by atoms with Gasteiger partial charge in [-0.3, -0.25) is 4.68 Å². The lowest BCUT2D eigenvalue weighted by atomic mass is 10.2. The van der Waals surface area contributed by atoms with Crippen LogP contribution in [-0.2, 0) is 6.54 Å². The van der Waals surface area contributed by atoms with E-state index in [-0.39, 0.29) is 0 Å². The molecule has 1 N–H and O–H groups in total. The minimum atomic E-state index is -0.595. The highest BCUT2D eigenvalue weighted by atomic mass is 32.2. The van der Waals surface area contributed by atoms with Gasteiger partial charge in [0.2, 0.25) is 0 Å². The van der Waals surface area contributed by atoms with Crippen LogP contribution >= 0.6 is 11.8 Å². The molecule has 0 bridgehead atoms. The van der Waals surface area contributed by atoms with Gasteiger partial charge in [-0.25, -0.2) is 0 Å². The lowest BCUT2D eigenvalue weighted by Crippen LogP contribution is -2.11. The van der Waals surface area contributed by atoms with Gasteiger partial charge in [0.15, 0.2) is 5.75 Å². The zero-order valence-corrected chi connectivity index (χ0v) is 11.9. The predicted molar refractivity (Wildman–Crippen MR) is 76.6 cm³/mol. The van der Waals surface area contributed by atoms with Crippen molar-refractivity contribution in [3.63, 3.8) is 0 Å². The number of hydrogen-bond acceptors (Lipinski definition) is 4. The van der Waals surface area contributed by atoms with Crippen LogP contribution in [0.25, 0.3) is 0 Å². The van der Waals surface area contributed by atoms with Crippen molar-refractivity contribution in [2.75, 3.05) is 12.9 Å². The monoisotopic (exact) mass is 278 g/mol. The topological polar surface area (TPSA) is 47.3 Å². The number of nitrogens with zero attached hydrogens (tertiary/aromatic N) is 2. The van der Waals surface area contributed by atoms with E-state index in [4.69, 9.17) is 4.74 Å². The third-order valence-corrected chi connectivity index (χ3v) is 3.92. The summed E-state index contributed by atoms with van der Waals surface area (Å²) >= 11 is 1.62. The molecule has 0 spiro atoms. The molecule has 1 aromatic carbocycles. The summed E-state index contributed by atoms with van der Waals surface area (Å²) in [5.41, 5.74) is 0.744. The number of aromatic nitrogens is 2. The molecular weight excluding hydrogens is 260 g/mol. The van der Waals surface area contributed by atoms with Gasteiger partial charge in [0.25, 0.3) is 0 Å². The third kappa shape index (κ3) is 3.30. The minimum Gasteiger partial charge on any atom is -0.493 e. The number of aryl methyl sites for hydroxylation is 1. The Morgan fingerprint density at radius 1 is 1.37 bits per heavy atom. The van der Waals surface area contributed by atoms with E-state index in [2.05, 4.69) is 5.10 Å². The molecule has 2 rings (SSSR count). The molecule has 1 atom stereocenters. The number of benzene rings is 1. The van der Waals surface area contributed by atoms with Crippen molar-refractivity contribution < 1.29 is 9.84 Å². The average molecular weight is 278 g/mol. The van der Waals surface area contributed by atoms with Crippen LogP contribution in [-0.4, -0.2) is 27.7 Å². The first-order chi connectivity index (χ1) is 9.26. The maximum atomic E-state index is 10.3. The van der Waals surface area contributed by atoms with Gasteiger partial charge in [0.1, 0.15) is 11.8 Å². The Kier molecular flexibility index (Phi) is 4.87. The Morgan fingerprint density at radius 3 is 2.74 bits per heavy atom. The van der Waals surface area contributed by atoms with Crippen LogP contribution in [0.2, 0.25) is 0 Å². The van der Waals surface area contributed by atoms with Crippen molar-refractivity contribution in [3.8, 4) is 5.75 Å². The van der Waals surface area contributed by atoms with Crippen LogP contribution in [0.4, 0.5) is 0 Å². The second kappa shape index (κ2) is 6.63. The Bertz CT molecular complexity index is 492. The van der Waals surface area contributed by atoms with E-state index in [0.29, 0.717) is 18.0 Å². The highest BCUT2D eigenvalue weighted by Crippen LogP contribution is 2.29. The van der Waals surface area contributed by atoms with Crippen LogP contribution in [0.5, 0.6) is 5.75 Å². The van der Waals surface area contributed by atoms with Crippen molar-refractivity contribution in [3.05, 3.63) is 42.2 Å². The fourth-order valence-corrected chi connectivity index (χ4v) is 2.75. The first-order valence-corrected chi connectivity index (χ1v) is 7.20. The number of methoxy groups -OCH3 is 1. The van der Waals surface area contributed by atoms with Crippen molar-refractivity contribution in [1.29, 1.82) is 0 Å². The summed E-state index contributed by atoms with van der Waals surface area (Å²) in [6.07, 6.45) is 1.05. The maximum absolute atomic E-state index is 10.3. The number of hydrogen-bond donors (Lipinski definition) is 1. The Morgan fingerprint density at radius 2 is 2.11 bits per heavy atom. The molecular formula is C14H18N2O2S. The molecule has 4 nitrogen and oxygen atoms in total. The number of aliphatic hydroxyl groups is 1. The summed E-state index contributed by atoms with van der Waals surface area (Å²) < 4.78 is 7.02. The van der Waals surface area contributed by atoms with Crippen LogP contribution in [0.1, 0.15) is 18.7 Å². The van der Waals surface area contributed by atoms with Crippen LogP contribution in [0, 0.1) is 0 Å². The van der Waals surface area contributed by atoms with Gasteiger partial charge >= 0.3 is 0 Å². The van der Waals surface area contributed by atoms with Crippen molar-refractivity contribution in [2.24, 2.45) is 0 Å². The highest BCUT2D eigenvalue weighted by Gasteiger charge is 2.19. The van der Waals surface area contributed by atoms with Gasteiger partial charge < -0.3 is 9.84 Å². The number of thioether (sulfide) groups is 1. The van der Waals surface area contributed by atoms with E-state index in [9.17, 15) is 5.11 Å².